The summed E-state index contributed by atoms with van der Waals surface area (Å²) in [5.74, 6) is 1.81. The number of thioether (sulfide) groups is 1. The standard InChI is InChI=1S/C33H62O11S/c1-2-3-4-5-6-7-8-9-10-11-12-13-14-15-16-17-19-45-20-18-40-32-29(38)28(37)30-25(43-32)22-39-23-41-31-27(36)26(35)24(21-34)42-33(31)44-30/h24-38H,2-23H2,1H3/t24-,25-,26+,27+,28-,29+,30+,31-,32+,33-/m1/s1. The molecule has 3 saturated heterocycles. The predicted octanol–water partition coefficient (Wildman–Crippen LogP) is 3.64. The van der Waals surface area contributed by atoms with Crippen molar-refractivity contribution >= 4 is 11.8 Å². The molecule has 0 bridgehead atoms. The van der Waals surface area contributed by atoms with Crippen molar-refractivity contribution in [2.45, 2.75) is 171 Å². The number of fused-ring (bicyclic) bond motifs is 2. The maximum absolute atomic E-state index is 10.9. The lowest BCUT2D eigenvalue weighted by molar-refractivity contribution is -0.356. The fourth-order valence-corrected chi connectivity index (χ4v) is 7.04. The maximum Gasteiger partial charge on any atom is 0.187 e. The van der Waals surface area contributed by atoms with Gasteiger partial charge in [0, 0.05) is 5.75 Å². The molecule has 0 unspecified atom stereocenters. The molecule has 12 heteroatoms. The van der Waals surface area contributed by atoms with Crippen LogP contribution in [-0.4, -0.2) is 125 Å². The van der Waals surface area contributed by atoms with Gasteiger partial charge >= 0.3 is 0 Å². The SMILES string of the molecule is CCCCCCCCCCCCCCCCCCSCCO[C@H]1O[C@@H]2COCO[C@H]3[C@@H](O[C@@H]2[C@H](O)[C@@H]1O)O[C@H](CO)[C@H](O)[C@@H]3O. The smallest absolute Gasteiger partial charge is 0.187 e. The highest BCUT2D eigenvalue weighted by molar-refractivity contribution is 7.99. The molecule has 3 aliphatic heterocycles. The number of hydrogen-bond donors (Lipinski definition) is 5. The van der Waals surface area contributed by atoms with Crippen LogP contribution in [-0.2, 0) is 28.4 Å². The van der Waals surface area contributed by atoms with Gasteiger partial charge in [0.2, 0.25) is 0 Å². The second kappa shape index (κ2) is 23.3. The molecule has 0 aliphatic carbocycles. The van der Waals surface area contributed by atoms with Crippen LogP contribution in [0.3, 0.4) is 0 Å². The molecule has 0 aromatic heterocycles. The van der Waals surface area contributed by atoms with Crippen molar-refractivity contribution in [3.8, 4) is 0 Å². The second-order valence-electron chi connectivity index (χ2n) is 12.7. The molecule has 0 radical (unpaired) electrons. The molecule has 5 N–H and O–H groups in total. The third-order valence-corrected chi connectivity index (χ3v) is 10.1. The number of aliphatic hydroxyl groups is 5. The van der Waals surface area contributed by atoms with Crippen molar-refractivity contribution in [3.05, 3.63) is 0 Å². The van der Waals surface area contributed by atoms with E-state index in [1.165, 1.54) is 103 Å². The molecule has 10 atom stereocenters. The molecule has 0 aromatic rings. The topological polar surface area (TPSA) is 157 Å². The summed E-state index contributed by atoms with van der Waals surface area (Å²) in [4.78, 5) is 0. The van der Waals surface area contributed by atoms with E-state index in [0.29, 0.717) is 6.61 Å². The van der Waals surface area contributed by atoms with Crippen molar-refractivity contribution < 1.29 is 54.0 Å². The zero-order valence-corrected chi connectivity index (χ0v) is 28.2. The summed E-state index contributed by atoms with van der Waals surface area (Å²) >= 11 is 1.81. The van der Waals surface area contributed by atoms with E-state index < -0.39 is 68.0 Å². The average molecular weight is 667 g/mol. The number of unbranched alkanes of at least 4 members (excludes halogenated alkanes) is 15. The summed E-state index contributed by atoms with van der Waals surface area (Å²) in [5.41, 5.74) is 0. The average Bonchev–Trinajstić information content (AvgIpc) is 3.13. The Morgan fingerprint density at radius 1 is 0.644 bits per heavy atom. The van der Waals surface area contributed by atoms with E-state index in [9.17, 15) is 25.5 Å². The molecular weight excluding hydrogens is 604 g/mol. The van der Waals surface area contributed by atoms with Crippen LogP contribution in [0.2, 0.25) is 0 Å². The van der Waals surface area contributed by atoms with Crippen LogP contribution in [0.5, 0.6) is 0 Å². The highest BCUT2D eigenvalue weighted by atomic mass is 32.2. The Kier molecular flexibility index (Phi) is 20.4. The molecule has 0 amide bonds. The van der Waals surface area contributed by atoms with Crippen LogP contribution in [0.4, 0.5) is 0 Å². The Bertz CT molecular complexity index is 737. The normalized spacial score (nSPS) is 34.0. The number of aliphatic hydroxyl groups excluding tert-OH is 5. The quantitative estimate of drug-likeness (QED) is 0.107. The first-order chi connectivity index (χ1) is 22.0. The third kappa shape index (κ3) is 13.7. The van der Waals surface area contributed by atoms with Gasteiger partial charge in [-0.25, -0.2) is 0 Å². The zero-order valence-electron chi connectivity index (χ0n) is 27.4. The largest absolute Gasteiger partial charge is 0.394 e. The van der Waals surface area contributed by atoms with E-state index in [2.05, 4.69) is 6.92 Å². The van der Waals surface area contributed by atoms with E-state index in [1.807, 2.05) is 0 Å². The van der Waals surface area contributed by atoms with Crippen molar-refractivity contribution in [3.63, 3.8) is 0 Å². The molecular formula is C33H62O11S. The molecule has 11 nitrogen and oxygen atoms in total. The van der Waals surface area contributed by atoms with Gasteiger partial charge in [0.05, 0.1) is 19.8 Å². The molecule has 45 heavy (non-hydrogen) atoms. The molecule has 266 valence electrons. The second-order valence-corrected chi connectivity index (χ2v) is 14.0. The zero-order chi connectivity index (χ0) is 32.3. The van der Waals surface area contributed by atoms with Gasteiger partial charge < -0.3 is 54.0 Å². The van der Waals surface area contributed by atoms with Gasteiger partial charge in [-0.15, -0.1) is 0 Å². The third-order valence-electron chi connectivity index (χ3n) is 9.03. The first-order valence-electron chi connectivity index (χ1n) is 17.7. The number of rotatable bonds is 22. The van der Waals surface area contributed by atoms with Crippen LogP contribution in [0.25, 0.3) is 0 Å². The summed E-state index contributed by atoms with van der Waals surface area (Å²) in [6, 6.07) is 0. The Hall–Kier alpha value is -0.0900. The van der Waals surface area contributed by atoms with Gasteiger partial charge in [0.15, 0.2) is 12.6 Å². The van der Waals surface area contributed by atoms with Crippen LogP contribution in [0.1, 0.15) is 110 Å². The van der Waals surface area contributed by atoms with Crippen molar-refractivity contribution in [1.82, 2.24) is 0 Å². The molecule has 3 heterocycles. The highest BCUT2D eigenvalue weighted by Gasteiger charge is 2.52. The van der Waals surface area contributed by atoms with Crippen LogP contribution in [0.15, 0.2) is 0 Å². The van der Waals surface area contributed by atoms with E-state index in [4.69, 9.17) is 28.4 Å². The van der Waals surface area contributed by atoms with Gasteiger partial charge in [0.1, 0.15) is 55.6 Å². The molecule has 3 fully saturated rings. The fraction of sp³-hybridized carbons (Fsp3) is 1.00. The van der Waals surface area contributed by atoms with Crippen molar-refractivity contribution in [2.75, 3.05) is 38.1 Å². The predicted molar refractivity (Wildman–Crippen MR) is 172 cm³/mol. The van der Waals surface area contributed by atoms with E-state index in [0.717, 1.165) is 11.5 Å². The van der Waals surface area contributed by atoms with Gasteiger partial charge in [-0.2, -0.15) is 11.8 Å². The summed E-state index contributed by atoms with van der Waals surface area (Å²) < 4.78 is 34.2. The summed E-state index contributed by atoms with van der Waals surface area (Å²) in [7, 11) is 0. The van der Waals surface area contributed by atoms with Crippen molar-refractivity contribution in [1.29, 1.82) is 0 Å². The van der Waals surface area contributed by atoms with E-state index >= 15 is 0 Å². The highest BCUT2D eigenvalue weighted by Crippen LogP contribution is 2.32. The van der Waals surface area contributed by atoms with Gasteiger partial charge in [-0.3, -0.25) is 0 Å². The lowest BCUT2D eigenvalue weighted by Gasteiger charge is -2.46. The van der Waals surface area contributed by atoms with Gasteiger partial charge in [-0.05, 0) is 12.2 Å². The number of hydrogen-bond acceptors (Lipinski definition) is 12. The van der Waals surface area contributed by atoms with E-state index in [1.54, 1.807) is 11.8 Å². The lowest BCUT2D eigenvalue weighted by atomic mass is 9.97. The Balaban J connectivity index is 1.21. The minimum atomic E-state index is -1.42. The van der Waals surface area contributed by atoms with Gasteiger partial charge in [-0.1, -0.05) is 103 Å². The van der Waals surface area contributed by atoms with Crippen LogP contribution < -0.4 is 0 Å². The number of ether oxygens (including phenoxy) is 6. The summed E-state index contributed by atoms with van der Waals surface area (Å²) in [6.07, 6.45) is 9.71. The fourth-order valence-electron chi connectivity index (χ4n) is 6.21. The maximum atomic E-state index is 10.9. The van der Waals surface area contributed by atoms with Gasteiger partial charge in [0.25, 0.3) is 0 Å². The first-order valence-corrected chi connectivity index (χ1v) is 18.8. The molecule has 0 aromatic carbocycles. The molecule has 3 rings (SSSR count). The lowest BCUT2D eigenvalue weighted by Crippen LogP contribution is -2.64. The Morgan fingerprint density at radius 2 is 1.22 bits per heavy atom. The molecule has 0 saturated carbocycles. The minimum Gasteiger partial charge on any atom is -0.394 e. The van der Waals surface area contributed by atoms with Crippen LogP contribution in [0, 0.1) is 0 Å². The minimum absolute atomic E-state index is 0.0240. The van der Waals surface area contributed by atoms with Crippen LogP contribution >= 0.6 is 11.8 Å². The Morgan fingerprint density at radius 3 is 1.82 bits per heavy atom. The van der Waals surface area contributed by atoms with E-state index in [-0.39, 0.29) is 13.4 Å². The molecule has 3 aliphatic rings. The Labute approximate surface area is 274 Å². The summed E-state index contributed by atoms with van der Waals surface area (Å²) in [6.45, 7) is 1.81. The molecule has 0 spiro atoms. The van der Waals surface area contributed by atoms with Crippen molar-refractivity contribution in [2.24, 2.45) is 0 Å². The summed E-state index contributed by atoms with van der Waals surface area (Å²) in [5, 5.41) is 51.8. The monoisotopic (exact) mass is 666 g/mol. The first kappa shape index (κ1) is 39.3.